The van der Waals surface area contributed by atoms with Crippen molar-refractivity contribution in [1.82, 2.24) is 14.1 Å². The second kappa shape index (κ2) is 6.51. The van der Waals surface area contributed by atoms with E-state index in [-0.39, 0.29) is 16.9 Å². The quantitative estimate of drug-likeness (QED) is 0.885. The smallest absolute Gasteiger partial charge is 0.322 e. The average molecular weight is 375 g/mol. The molecule has 3 atom stereocenters. The van der Waals surface area contributed by atoms with Crippen LogP contribution in [0.2, 0.25) is 0 Å². The van der Waals surface area contributed by atoms with Crippen LogP contribution in [0.5, 0.6) is 0 Å². The van der Waals surface area contributed by atoms with E-state index in [0.29, 0.717) is 6.42 Å². The maximum Gasteiger partial charge on any atom is 0.322 e. The summed E-state index contributed by atoms with van der Waals surface area (Å²) in [5.74, 6) is -0.942. The van der Waals surface area contributed by atoms with Crippen molar-refractivity contribution in [2.75, 3.05) is 0 Å². The molecule has 1 saturated heterocycles. The molecule has 0 radical (unpaired) electrons. The van der Waals surface area contributed by atoms with Gasteiger partial charge in [-0.25, -0.2) is 13.1 Å². The molecule has 26 heavy (non-hydrogen) atoms. The van der Waals surface area contributed by atoms with Crippen molar-refractivity contribution >= 4 is 16.0 Å². The van der Waals surface area contributed by atoms with Crippen molar-refractivity contribution in [3.05, 3.63) is 42.7 Å². The second-order valence-electron chi connectivity index (χ2n) is 6.99. The fourth-order valence-electron chi connectivity index (χ4n) is 4.26. The van der Waals surface area contributed by atoms with E-state index in [0.717, 1.165) is 31.4 Å². The van der Waals surface area contributed by atoms with Gasteiger partial charge in [0.15, 0.2) is 0 Å². The lowest BCUT2D eigenvalue weighted by molar-refractivity contribution is -0.141. The lowest BCUT2D eigenvalue weighted by atomic mass is 9.85. The molecule has 0 amide bonds. The zero-order valence-corrected chi connectivity index (χ0v) is 15.0. The van der Waals surface area contributed by atoms with Gasteiger partial charge in [-0.2, -0.15) is 9.40 Å². The van der Waals surface area contributed by atoms with Gasteiger partial charge in [-0.05, 0) is 37.3 Å². The Balaban J connectivity index is 1.71. The molecule has 2 aromatic rings. The topological polar surface area (TPSA) is 92.5 Å². The number of para-hydroxylation sites is 1. The minimum atomic E-state index is -3.92. The summed E-state index contributed by atoms with van der Waals surface area (Å²) in [4.78, 5) is 11.8. The van der Waals surface area contributed by atoms with E-state index in [9.17, 15) is 18.3 Å². The molecule has 1 N–H and O–H groups in total. The van der Waals surface area contributed by atoms with E-state index < -0.39 is 22.0 Å². The Morgan fingerprint density at radius 3 is 2.62 bits per heavy atom. The summed E-state index contributed by atoms with van der Waals surface area (Å²) in [6.45, 7) is 0. The Labute approximate surface area is 152 Å². The highest BCUT2D eigenvalue weighted by molar-refractivity contribution is 7.89. The normalized spacial score (nSPS) is 26.5. The molecule has 0 bridgehead atoms. The van der Waals surface area contributed by atoms with Gasteiger partial charge < -0.3 is 5.11 Å². The molecule has 1 aromatic heterocycles. The minimum Gasteiger partial charge on any atom is -0.480 e. The molecule has 4 rings (SSSR count). The van der Waals surface area contributed by atoms with E-state index in [1.165, 1.54) is 21.4 Å². The first-order valence-corrected chi connectivity index (χ1v) is 10.3. The third kappa shape index (κ3) is 2.83. The summed E-state index contributed by atoms with van der Waals surface area (Å²) >= 11 is 0. The van der Waals surface area contributed by atoms with Crippen LogP contribution in [-0.4, -0.2) is 45.7 Å². The van der Waals surface area contributed by atoms with Crippen LogP contribution in [0.25, 0.3) is 5.69 Å². The van der Waals surface area contributed by atoms with Gasteiger partial charge in [-0.15, -0.1) is 0 Å². The molecule has 8 heteroatoms. The molecule has 138 valence electrons. The molecule has 1 aliphatic heterocycles. The third-order valence-corrected chi connectivity index (χ3v) is 7.36. The number of hydrogen-bond acceptors (Lipinski definition) is 4. The van der Waals surface area contributed by atoms with Crippen molar-refractivity contribution in [1.29, 1.82) is 0 Å². The number of aliphatic carboxylic acids is 1. The van der Waals surface area contributed by atoms with Gasteiger partial charge in [0, 0.05) is 6.04 Å². The molecular formula is C18H21N3O4S. The van der Waals surface area contributed by atoms with Crippen LogP contribution in [0.3, 0.4) is 0 Å². The van der Waals surface area contributed by atoms with Crippen LogP contribution in [0.4, 0.5) is 0 Å². The van der Waals surface area contributed by atoms with E-state index in [4.69, 9.17) is 0 Å². The number of carbonyl (C=O) groups is 1. The second-order valence-corrected chi connectivity index (χ2v) is 8.84. The van der Waals surface area contributed by atoms with Crippen molar-refractivity contribution in [3.8, 4) is 5.69 Å². The number of carboxylic acids is 1. The van der Waals surface area contributed by atoms with Crippen molar-refractivity contribution in [2.24, 2.45) is 5.92 Å². The molecule has 1 aromatic carbocycles. The minimum absolute atomic E-state index is 0.0406. The van der Waals surface area contributed by atoms with Crippen LogP contribution >= 0.6 is 0 Å². The molecule has 2 heterocycles. The van der Waals surface area contributed by atoms with Gasteiger partial charge in [0.1, 0.15) is 10.9 Å². The predicted molar refractivity (Wildman–Crippen MR) is 94.4 cm³/mol. The highest BCUT2D eigenvalue weighted by atomic mass is 32.2. The maximum atomic E-state index is 13.3. The largest absolute Gasteiger partial charge is 0.480 e. The third-order valence-electron chi connectivity index (χ3n) is 5.47. The Kier molecular flexibility index (Phi) is 4.32. The summed E-state index contributed by atoms with van der Waals surface area (Å²) in [6.07, 6.45) is 6.74. The van der Waals surface area contributed by atoms with Gasteiger partial charge in [0.05, 0.1) is 18.1 Å². The fraction of sp³-hybridized carbons (Fsp3) is 0.444. The van der Waals surface area contributed by atoms with Gasteiger partial charge >= 0.3 is 5.97 Å². The maximum absolute atomic E-state index is 13.3. The number of nitrogens with zero attached hydrogens (tertiary/aromatic N) is 3. The molecule has 0 spiro atoms. The lowest BCUT2D eigenvalue weighted by Gasteiger charge is -2.31. The molecular weight excluding hydrogens is 354 g/mol. The molecule has 7 nitrogen and oxygen atoms in total. The van der Waals surface area contributed by atoms with Crippen LogP contribution in [0, 0.1) is 5.92 Å². The molecule has 1 aliphatic carbocycles. The lowest BCUT2D eigenvalue weighted by Crippen LogP contribution is -2.46. The van der Waals surface area contributed by atoms with Crippen molar-refractivity contribution < 1.29 is 18.3 Å². The van der Waals surface area contributed by atoms with Crippen LogP contribution < -0.4 is 0 Å². The van der Waals surface area contributed by atoms with Crippen molar-refractivity contribution in [3.63, 3.8) is 0 Å². The number of benzene rings is 1. The number of sulfonamides is 1. The Morgan fingerprint density at radius 2 is 1.88 bits per heavy atom. The van der Waals surface area contributed by atoms with Crippen LogP contribution in [0.1, 0.15) is 32.1 Å². The number of fused-ring (bicyclic) bond motifs is 1. The Hall–Kier alpha value is -2.19. The van der Waals surface area contributed by atoms with E-state index in [1.54, 1.807) is 0 Å². The first kappa shape index (κ1) is 17.2. The average Bonchev–Trinajstić information content (AvgIpc) is 3.28. The van der Waals surface area contributed by atoms with E-state index in [1.807, 2.05) is 30.3 Å². The summed E-state index contributed by atoms with van der Waals surface area (Å²) in [7, 11) is -3.92. The Bertz CT molecular complexity index is 910. The van der Waals surface area contributed by atoms with E-state index >= 15 is 0 Å². The number of carboxylic acid groups (broad SMARTS) is 1. The van der Waals surface area contributed by atoms with Gasteiger partial charge in [-0.3, -0.25) is 4.79 Å². The standard InChI is InChI=1S/C18H21N3O4S/c22-18(23)17-10-13-6-4-5-9-16(13)21(17)26(24,25)15-11-19-20(12-15)14-7-2-1-3-8-14/h1-3,7-8,11-13,16-17H,4-6,9-10H2,(H,22,23). The summed E-state index contributed by atoms with van der Waals surface area (Å²) in [6, 6.07) is 8.00. The van der Waals surface area contributed by atoms with Crippen LogP contribution in [0.15, 0.2) is 47.6 Å². The summed E-state index contributed by atoms with van der Waals surface area (Å²) in [5.41, 5.74) is 0.751. The Morgan fingerprint density at radius 1 is 1.15 bits per heavy atom. The molecule has 2 fully saturated rings. The fourth-order valence-corrected chi connectivity index (χ4v) is 6.06. The zero-order chi connectivity index (χ0) is 18.3. The molecule has 2 aliphatic rings. The highest BCUT2D eigenvalue weighted by Crippen LogP contribution is 2.42. The number of rotatable bonds is 4. The highest BCUT2D eigenvalue weighted by Gasteiger charge is 2.51. The van der Waals surface area contributed by atoms with Crippen LogP contribution in [-0.2, 0) is 14.8 Å². The monoisotopic (exact) mass is 375 g/mol. The summed E-state index contributed by atoms with van der Waals surface area (Å²) < 4.78 is 29.3. The number of hydrogen-bond donors (Lipinski definition) is 1. The van der Waals surface area contributed by atoms with Crippen molar-refractivity contribution in [2.45, 2.75) is 49.1 Å². The predicted octanol–water partition coefficient (Wildman–Crippen LogP) is 2.28. The van der Waals surface area contributed by atoms with Gasteiger partial charge in [0.2, 0.25) is 10.0 Å². The molecule has 1 saturated carbocycles. The number of aromatic nitrogens is 2. The molecule has 3 unspecified atom stereocenters. The first-order valence-electron chi connectivity index (χ1n) is 8.85. The van der Waals surface area contributed by atoms with Gasteiger partial charge in [-0.1, -0.05) is 31.0 Å². The first-order chi connectivity index (χ1) is 12.5. The van der Waals surface area contributed by atoms with Gasteiger partial charge in [0.25, 0.3) is 0 Å². The zero-order valence-electron chi connectivity index (χ0n) is 14.2. The van der Waals surface area contributed by atoms with E-state index in [2.05, 4.69) is 5.10 Å². The SMILES string of the molecule is O=C(O)C1CC2CCCCC2N1S(=O)(=O)c1cnn(-c2ccccc2)c1. The summed E-state index contributed by atoms with van der Waals surface area (Å²) in [5, 5.41) is 13.8.